The van der Waals surface area contributed by atoms with Crippen LogP contribution in [0.5, 0.6) is 0 Å². The molecule has 0 atom stereocenters. The number of hydrogen-bond acceptors (Lipinski definition) is 9. The predicted molar refractivity (Wildman–Crippen MR) is 171 cm³/mol. The van der Waals surface area contributed by atoms with Crippen molar-refractivity contribution >= 4 is 57.6 Å². The second-order valence-electron chi connectivity index (χ2n) is 8.61. The molecule has 0 aromatic carbocycles. The molecule has 0 spiro atoms. The van der Waals surface area contributed by atoms with Crippen LogP contribution in [0.4, 0.5) is 0 Å². The fraction of sp³-hybridized carbons (Fsp3) is 0.133. The molecule has 6 aromatic heterocycles. The Morgan fingerprint density at radius 2 is 1.12 bits per heavy atom. The fourth-order valence-electron chi connectivity index (χ4n) is 4.18. The molecule has 6 rings (SSSR count). The molecule has 0 aliphatic carbocycles. The van der Waals surface area contributed by atoms with Gasteiger partial charge in [-0.25, -0.2) is 0 Å². The molecule has 0 amide bonds. The maximum Gasteiger partial charge on any atom is 0.371 e. The molecule has 0 bridgehead atoms. The lowest BCUT2D eigenvalue weighted by molar-refractivity contribution is 0.230. The highest BCUT2D eigenvalue weighted by Gasteiger charge is 2.29. The molecule has 0 aliphatic rings. The molecule has 0 saturated heterocycles. The van der Waals surface area contributed by atoms with E-state index in [2.05, 4.69) is 52.4 Å². The van der Waals surface area contributed by atoms with Crippen molar-refractivity contribution in [2.24, 2.45) is 0 Å². The molecule has 202 valence electrons. The summed E-state index contributed by atoms with van der Waals surface area (Å²) in [5.74, 6) is 0. The number of nitrogens with zero attached hydrogens (tertiary/aromatic N) is 2. The summed E-state index contributed by atoms with van der Waals surface area (Å²) in [4.78, 5) is 17.3. The van der Waals surface area contributed by atoms with Crippen molar-refractivity contribution in [2.45, 2.75) is 13.8 Å². The Hall–Kier alpha value is -2.75. The van der Waals surface area contributed by atoms with Gasteiger partial charge in [-0.05, 0) is 92.2 Å². The molecule has 0 N–H and O–H groups in total. The monoisotopic (exact) mass is 620 g/mol. The van der Waals surface area contributed by atoms with Crippen LogP contribution in [-0.4, -0.2) is 23.2 Å². The Morgan fingerprint density at radius 1 is 0.600 bits per heavy atom. The molecular formula is C30H25N2O3PS4. The summed E-state index contributed by atoms with van der Waals surface area (Å²) in [7, 11) is -3.27. The molecule has 6 heterocycles. The van der Waals surface area contributed by atoms with Gasteiger partial charge in [0.1, 0.15) is 4.62 Å². The van der Waals surface area contributed by atoms with Crippen LogP contribution in [-0.2, 0) is 13.6 Å². The maximum absolute atomic E-state index is 13.2. The third kappa shape index (κ3) is 5.69. The summed E-state index contributed by atoms with van der Waals surface area (Å²) in [5.41, 5.74) is 2.88. The molecule has 0 aliphatic heterocycles. The van der Waals surface area contributed by atoms with Gasteiger partial charge < -0.3 is 9.05 Å². The van der Waals surface area contributed by atoms with E-state index in [0.717, 1.165) is 26.7 Å². The summed E-state index contributed by atoms with van der Waals surface area (Å²) in [5, 5.41) is 0. The third-order valence-electron chi connectivity index (χ3n) is 5.98. The minimum atomic E-state index is -3.27. The number of aromatic nitrogens is 2. The van der Waals surface area contributed by atoms with E-state index in [-0.39, 0.29) is 0 Å². The Bertz CT molecular complexity index is 1780. The van der Waals surface area contributed by atoms with Crippen molar-refractivity contribution < 1.29 is 13.6 Å². The van der Waals surface area contributed by atoms with Crippen molar-refractivity contribution in [3.05, 3.63) is 91.3 Å². The molecule has 10 heteroatoms. The summed E-state index contributed by atoms with van der Waals surface area (Å²) < 4.78 is 24.9. The van der Waals surface area contributed by atoms with Gasteiger partial charge in [0.05, 0.1) is 24.6 Å². The van der Waals surface area contributed by atoms with Crippen LogP contribution in [0, 0.1) is 0 Å². The zero-order valence-electron chi connectivity index (χ0n) is 21.8. The standard InChI is InChI=1S/C30H25N2O3PS4/c1-3-34-36(33,35-4-2)30-15-14-29(40-30)28-13-12-27(39-28)26-11-10-25(38-26)24-9-8-23(37-24)20-16-18-32-22(19-20)21-7-5-6-17-31-21/h5-19H,3-4H2,1-2H3. The van der Waals surface area contributed by atoms with Crippen molar-refractivity contribution in [1.29, 1.82) is 0 Å². The Labute approximate surface area is 249 Å². The number of hydrogen-bond donors (Lipinski definition) is 0. The van der Waals surface area contributed by atoms with E-state index < -0.39 is 7.60 Å². The lowest BCUT2D eigenvalue weighted by Gasteiger charge is -2.14. The highest BCUT2D eigenvalue weighted by molar-refractivity contribution is 7.69. The van der Waals surface area contributed by atoms with Crippen LogP contribution in [0.25, 0.3) is 51.1 Å². The van der Waals surface area contributed by atoms with E-state index in [0.29, 0.717) is 17.8 Å². The van der Waals surface area contributed by atoms with Gasteiger partial charge in [-0.1, -0.05) is 6.07 Å². The van der Waals surface area contributed by atoms with Gasteiger partial charge in [-0.2, -0.15) is 0 Å². The van der Waals surface area contributed by atoms with Crippen LogP contribution >= 0.6 is 52.9 Å². The van der Waals surface area contributed by atoms with Crippen molar-refractivity contribution in [2.75, 3.05) is 13.2 Å². The van der Waals surface area contributed by atoms with Crippen molar-refractivity contribution in [1.82, 2.24) is 9.97 Å². The van der Waals surface area contributed by atoms with Crippen LogP contribution in [0.2, 0.25) is 0 Å². The van der Waals surface area contributed by atoms with Crippen molar-refractivity contribution in [3.63, 3.8) is 0 Å². The number of pyridine rings is 2. The molecular weight excluding hydrogens is 596 g/mol. The first-order valence-electron chi connectivity index (χ1n) is 12.7. The SMILES string of the molecule is CCOP(=O)(OCC)c1ccc(-c2ccc(-c3ccc(-c4ccc(-c5ccnc(-c6ccccn6)c5)s4)s3)s2)s1. The zero-order chi connectivity index (χ0) is 27.5. The quantitative estimate of drug-likeness (QED) is 0.143. The van der Waals surface area contributed by atoms with Crippen LogP contribution in [0.1, 0.15) is 13.8 Å². The molecule has 0 fully saturated rings. The van der Waals surface area contributed by atoms with E-state index >= 15 is 0 Å². The average Bonchev–Trinajstić information content (AvgIpc) is 3.80. The van der Waals surface area contributed by atoms with Crippen LogP contribution < -0.4 is 4.62 Å². The fourth-order valence-corrected chi connectivity index (χ4v) is 10.5. The smallest absolute Gasteiger partial charge is 0.305 e. The van der Waals surface area contributed by atoms with Crippen LogP contribution in [0.15, 0.2) is 91.3 Å². The lowest BCUT2D eigenvalue weighted by Crippen LogP contribution is -2.06. The van der Waals surface area contributed by atoms with E-state index in [1.165, 1.54) is 35.7 Å². The molecule has 0 radical (unpaired) electrons. The number of thiophene rings is 4. The Balaban J connectivity index is 1.21. The van der Waals surface area contributed by atoms with Gasteiger partial charge >= 0.3 is 7.60 Å². The predicted octanol–water partition coefficient (Wildman–Crippen LogP) is 9.95. The van der Waals surface area contributed by atoms with Gasteiger partial charge in [0.2, 0.25) is 0 Å². The maximum atomic E-state index is 13.2. The Morgan fingerprint density at radius 3 is 1.70 bits per heavy atom. The van der Waals surface area contributed by atoms with E-state index in [4.69, 9.17) is 9.05 Å². The minimum Gasteiger partial charge on any atom is -0.305 e. The molecule has 6 aromatic rings. The van der Waals surface area contributed by atoms with Gasteiger partial charge in [0, 0.05) is 46.5 Å². The average molecular weight is 621 g/mol. The first-order valence-corrected chi connectivity index (χ1v) is 17.5. The summed E-state index contributed by atoms with van der Waals surface area (Å²) in [6.07, 6.45) is 3.64. The summed E-state index contributed by atoms with van der Waals surface area (Å²) >= 11 is 6.80. The van der Waals surface area contributed by atoms with Crippen LogP contribution in [0.3, 0.4) is 0 Å². The Kier molecular flexibility index (Phi) is 8.23. The first kappa shape index (κ1) is 27.4. The highest BCUT2D eigenvalue weighted by Crippen LogP contribution is 2.50. The van der Waals surface area contributed by atoms with Gasteiger partial charge in [-0.15, -0.1) is 45.3 Å². The molecule has 0 unspecified atom stereocenters. The molecule has 40 heavy (non-hydrogen) atoms. The first-order chi connectivity index (χ1) is 19.6. The van der Waals surface area contributed by atoms with Gasteiger partial charge in [0.15, 0.2) is 0 Å². The normalized spacial score (nSPS) is 11.8. The van der Waals surface area contributed by atoms with Gasteiger partial charge in [-0.3, -0.25) is 14.5 Å². The summed E-state index contributed by atoms with van der Waals surface area (Å²) in [6.45, 7) is 4.34. The topological polar surface area (TPSA) is 61.3 Å². The lowest BCUT2D eigenvalue weighted by atomic mass is 10.1. The van der Waals surface area contributed by atoms with E-state index in [1.807, 2.05) is 56.4 Å². The molecule has 5 nitrogen and oxygen atoms in total. The van der Waals surface area contributed by atoms with E-state index in [1.54, 1.807) is 40.2 Å². The second-order valence-corrected chi connectivity index (χ2v) is 15.2. The third-order valence-corrected chi connectivity index (χ3v) is 13.6. The number of rotatable bonds is 10. The zero-order valence-corrected chi connectivity index (χ0v) is 25.9. The second kappa shape index (κ2) is 12.0. The largest absolute Gasteiger partial charge is 0.371 e. The summed E-state index contributed by atoms with van der Waals surface area (Å²) in [6, 6.07) is 26.9. The van der Waals surface area contributed by atoms with Gasteiger partial charge in [0.25, 0.3) is 0 Å². The van der Waals surface area contributed by atoms with Crippen molar-refractivity contribution in [3.8, 4) is 51.1 Å². The van der Waals surface area contributed by atoms with E-state index in [9.17, 15) is 4.57 Å². The molecule has 0 saturated carbocycles. The minimum absolute atomic E-state index is 0.342. The highest BCUT2D eigenvalue weighted by atomic mass is 32.1.